The smallest absolute Gasteiger partial charge is 0.277 e. The van der Waals surface area contributed by atoms with Gasteiger partial charge in [0.1, 0.15) is 0 Å². The van der Waals surface area contributed by atoms with Gasteiger partial charge in [0, 0.05) is 5.56 Å². The predicted molar refractivity (Wildman–Crippen MR) is 98.8 cm³/mol. The Kier molecular flexibility index (Phi) is 4.34. The van der Waals surface area contributed by atoms with E-state index in [9.17, 15) is 4.79 Å². The Morgan fingerprint density at radius 2 is 1.46 bits per heavy atom. The van der Waals surface area contributed by atoms with E-state index in [1.807, 2.05) is 18.2 Å². The lowest BCUT2D eigenvalue weighted by atomic mass is 10.1. The molecule has 4 N–H and O–H groups in total. The topological polar surface area (TPSA) is 93.8 Å². The number of allylic oxidation sites excluding steroid dienone is 4. The SMILES string of the molecule is Nc1ccc(N=C2C=CC(=NC(=O)c3ccccc3)C=C2)cc1N. The monoisotopic (exact) mass is 316 g/mol. The van der Waals surface area contributed by atoms with Crippen molar-refractivity contribution in [3.05, 3.63) is 78.4 Å². The van der Waals surface area contributed by atoms with Crippen LogP contribution in [0.4, 0.5) is 17.1 Å². The molecule has 24 heavy (non-hydrogen) atoms. The number of nitrogen functional groups attached to an aromatic ring is 2. The van der Waals surface area contributed by atoms with Crippen LogP contribution in [0.2, 0.25) is 0 Å². The minimum absolute atomic E-state index is 0.272. The van der Waals surface area contributed by atoms with E-state index < -0.39 is 0 Å². The zero-order valence-electron chi connectivity index (χ0n) is 12.9. The molecule has 0 radical (unpaired) electrons. The molecule has 0 atom stereocenters. The molecule has 118 valence electrons. The number of nitrogens with two attached hydrogens (primary N) is 2. The third kappa shape index (κ3) is 3.64. The minimum atomic E-state index is -0.272. The van der Waals surface area contributed by atoms with Crippen LogP contribution in [-0.4, -0.2) is 17.3 Å². The molecule has 1 aliphatic rings. The molecule has 0 saturated carbocycles. The van der Waals surface area contributed by atoms with Gasteiger partial charge in [-0.25, -0.2) is 9.98 Å². The Bertz CT molecular complexity index is 875. The molecule has 2 aromatic carbocycles. The molecular formula is C19H16N4O. The second-order valence-electron chi connectivity index (χ2n) is 5.22. The van der Waals surface area contributed by atoms with E-state index >= 15 is 0 Å². The van der Waals surface area contributed by atoms with Crippen LogP contribution in [0.1, 0.15) is 10.4 Å². The van der Waals surface area contributed by atoms with Gasteiger partial charge in [-0.1, -0.05) is 18.2 Å². The van der Waals surface area contributed by atoms with Crippen molar-refractivity contribution in [2.75, 3.05) is 11.5 Å². The number of aliphatic imine (C=N–C) groups is 2. The van der Waals surface area contributed by atoms with Crippen LogP contribution in [-0.2, 0) is 0 Å². The van der Waals surface area contributed by atoms with Gasteiger partial charge in [0.25, 0.3) is 5.91 Å². The van der Waals surface area contributed by atoms with Gasteiger partial charge in [0.15, 0.2) is 0 Å². The van der Waals surface area contributed by atoms with Gasteiger partial charge in [0.2, 0.25) is 0 Å². The van der Waals surface area contributed by atoms with Gasteiger partial charge in [-0.2, -0.15) is 0 Å². The average molecular weight is 316 g/mol. The lowest BCUT2D eigenvalue weighted by Crippen LogP contribution is -2.04. The molecule has 1 aliphatic carbocycles. The number of hydrogen-bond donors (Lipinski definition) is 2. The van der Waals surface area contributed by atoms with Gasteiger partial charge < -0.3 is 11.5 Å². The molecule has 5 nitrogen and oxygen atoms in total. The molecular weight excluding hydrogens is 300 g/mol. The first-order chi connectivity index (χ1) is 11.6. The zero-order valence-corrected chi connectivity index (χ0v) is 12.9. The summed E-state index contributed by atoms with van der Waals surface area (Å²) in [5, 5.41) is 0. The van der Waals surface area contributed by atoms with Crippen molar-refractivity contribution < 1.29 is 4.79 Å². The first-order valence-corrected chi connectivity index (χ1v) is 7.40. The summed E-state index contributed by atoms with van der Waals surface area (Å²) in [5.74, 6) is -0.272. The highest BCUT2D eigenvalue weighted by molar-refractivity contribution is 6.21. The maximum Gasteiger partial charge on any atom is 0.277 e. The van der Waals surface area contributed by atoms with Crippen LogP contribution in [0, 0.1) is 0 Å². The third-order valence-electron chi connectivity index (χ3n) is 3.43. The van der Waals surface area contributed by atoms with Crippen molar-refractivity contribution in [2.24, 2.45) is 9.98 Å². The molecule has 0 aliphatic heterocycles. The van der Waals surface area contributed by atoms with Crippen LogP contribution in [0.25, 0.3) is 0 Å². The first-order valence-electron chi connectivity index (χ1n) is 7.40. The molecule has 0 bridgehead atoms. The molecule has 0 saturated heterocycles. The normalized spacial score (nSPS) is 13.0. The predicted octanol–water partition coefficient (Wildman–Crippen LogP) is 3.33. The summed E-state index contributed by atoms with van der Waals surface area (Å²) < 4.78 is 0. The summed E-state index contributed by atoms with van der Waals surface area (Å²) in [6.07, 6.45) is 7.09. The van der Waals surface area contributed by atoms with E-state index in [1.165, 1.54) is 0 Å². The number of benzene rings is 2. The fourth-order valence-electron chi connectivity index (χ4n) is 2.15. The van der Waals surface area contributed by atoms with Crippen LogP contribution < -0.4 is 11.5 Å². The van der Waals surface area contributed by atoms with E-state index in [-0.39, 0.29) is 5.91 Å². The number of carbonyl (C=O) groups is 1. The Balaban J connectivity index is 1.75. The summed E-state index contributed by atoms with van der Waals surface area (Å²) in [7, 11) is 0. The van der Waals surface area contributed by atoms with Gasteiger partial charge in [0.05, 0.1) is 28.5 Å². The van der Waals surface area contributed by atoms with Gasteiger partial charge in [-0.05, 0) is 54.6 Å². The molecule has 0 heterocycles. The number of anilines is 2. The Hall–Kier alpha value is -3.47. The van der Waals surface area contributed by atoms with Gasteiger partial charge >= 0.3 is 0 Å². The van der Waals surface area contributed by atoms with E-state index in [1.54, 1.807) is 54.6 Å². The van der Waals surface area contributed by atoms with Crippen LogP contribution >= 0.6 is 0 Å². The molecule has 3 rings (SSSR count). The van der Waals surface area contributed by atoms with Crippen molar-refractivity contribution in [1.29, 1.82) is 0 Å². The molecule has 0 aromatic heterocycles. The molecule has 0 unspecified atom stereocenters. The number of hydrogen-bond acceptors (Lipinski definition) is 4. The Labute approximate surface area is 139 Å². The highest BCUT2D eigenvalue weighted by Gasteiger charge is 2.06. The lowest BCUT2D eigenvalue weighted by Gasteiger charge is -2.04. The quantitative estimate of drug-likeness (QED) is 0.657. The van der Waals surface area contributed by atoms with Crippen molar-refractivity contribution >= 4 is 34.4 Å². The summed E-state index contributed by atoms with van der Waals surface area (Å²) >= 11 is 0. The third-order valence-corrected chi connectivity index (χ3v) is 3.43. The standard InChI is InChI=1S/C19H16N4O/c20-17-11-10-16(12-18(17)21)22-14-6-8-15(9-7-14)23-19(24)13-4-2-1-3-5-13/h1-12H,20-21H2. The first kappa shape index (κ1) is 15.4. The van der Waals surface area contributed by atoms with Crippen molar-refractivity contribution in [3.63, 3.8) is 0 Å². The second kappa shape index (κ2) is 6.75. The molecule has 2 aromatic rings. The lowest BCUT2D eigenvalue weighted by molar-refractivity contribution is 0.100. The van der Waals surface area contributed by atoms with Gasteiger partial charge in [-0.15, -0.1) is 0 Å². The van der Waals surface area contributed by atoms with Crippen molar-refractivity contribution in [1.82, 2.24) is 0 Å². The van der Waals surface area contributed by atoms with E-state index in [2.05, 4.69) is 9.98 Å². The fourth-order valence-corrected chi connectivity index (χ4v) is 2.15. The van der Waals surface area contributed by atoms with E-state index in [4.69, 9.17) is 11.5 Å². The maximum absolute atomic E-state index is 12.0. The molecule has 0 fully saturated rings. The molecule has 5 heteroatoms. The van der Waals surface area contributed by atoms with Crippen LogP contribution in [0.15, 0.2) is 82.8 Å². The fraction of sp³-hybridized carbons (Fsp3) is 0. The summed E-state index contributed by atoms with van der Waals surface area (Å²) in [5.41, 5.74) is 15.1. The maximum atomic E-state index is 12.0. The summed E-state index contributed by atoms with van der Waals surface area (Å²) in [4.78, 5) is 20.6. The number of rotatable bonds is 2. The number of amides is 1. The van der Waals surface area contributed by atoms with E-state index in [0.717, 1.165) is 5.71 Å². The highest BCUT2D eigenvalue weighted by Crippen LogP contribution is 2.22. The summed E-state index contributed by atoms with van der Waals surface area (Å²) in [6, 6.07) is 14.2. The van der Waals surface area contributed by atoms with Crippen LogP contribution in [0.5, 0.6) is 0 Å². The largest absolute Gasteiger partial charge is 0.397 e. The minimum Gasteiger partial charge on any atom is -0.397 e. The van der Waals surface area contributed by atoms with Gasteiger partial charge in [-0.3, -0.25) is 4.79 Å². The van der Waals surface area contributed by atoms with E-state index in [0.29, 0.717) is 28.3 Å². The average Bonchev–Trinajstić information content (AvgIpc) is 2.61. The summed E-state index contributed by atoms with van der Waals surface area (Å²) in [6.45, 7) is 0. The van der Waals surface area contributed by atoms with Crippen molar-refractivity contribution in [2.45, 2.75) is 0 Å². The highest BCUT2D eigenvalue weighted by atomic mass is 16.1. The van der Waals surface area contributed by atoms with Crippen molar-refractivity contribution in [3.8, 4) is 0 Å². The number of carbonyl (C=O) groups excluding carboxylic acids is 1. The van der Waals surface area contributed by atoms with Crippen LogP contribution in [0.3, 0.4) is 0 Å². The Morgan fingerprint density at radius 1 is 0.792 bits per heavy atom. The molecule has 0 spiro atoms. The Morgan fingerprint density at radius 3 is 2.12 bits per heavy atom. The number of nitrogens with zero attached hydrogens (tertiary/aromatic N) is 2. The zero-order chi connectivity index (χ0) is 16.9. The molecule has 1 amide bonds. The second-order valence-corrected chi connectivity index (χ2v) is 5.22.